The fourth-order valence-electron chi connectivity index (χ4n) is 2.61. The van der Waals surface area contributed by atoms with Gasteiger partial charge in [0.1, 0.15) is 5.75 Å². The monoisotopic (exact) mass is 253 g/mol. The van der Waals surface area contributed by atoms with E-state index in [2.05, 4.69) is 18.7 Å². The minimum atomic E-state index is 0.145. The van der Waals surface area contributed by atoms with Crippen molar-refractivity contribution in [3.8, 4) is 11.8 Å². The molecule has 0 fully saturated rings. The van der Waals surface area contributed by atoms with Crippen LogP contribution in [-0.2, 0) is 12.8 Å². The van der Waals surface area contributed by atoms with Gasteiger partial charge in [-0.3, -0.25) is 0 Å². The maximum Gasteiger partial charge on any atom is 0.123 e. The summed E-state index contributed by atoms with van der Waals surface area (Å²) in [6.45, 7) is 7.88. The second kappa shape index (κ2) is 5.75. The highest BCUT2D eigenvalue weighted by atomic mass is 16.5. The van der Waals surface area contributed by atoms with Gasteiger partial charge in [0.25, 0.3) is 0 Å². The SMILES string of the molecule is C=CCc1c(OC(C)C)ccc2c1C(=CC#N)CC2. The molecule has 0 saturated carbocycles. The minimum Gasteiger partial charge on any atom is -0.491 e. The molecule has 2 rings (SSSR count). The Balaban J connectivity index is 2.56. The molecule has 0 amide bonds. The Labute approximate surface area is 115 Å². The Morgan fingerprint density at radius 3 is 2.84 bits per heavy atom. The summed E-state index contributed by atoms with van der Waals surface area (Å²) in [6.07, 6.45) is 6.43. The van der Waals surface area contributed by atoms with E-state index >= 15 is 0 Å². The summed E-state index contributed by atoms with van der Waals surface area (Å²) in [5.41, 5.74) is 4.82. The molecule has 0 atom stereocenters. The number of rotatable bonds is 4. The number of aryl methyl sites for hydroxylation is 1. The quantitative estimate of drug-likeness (QED) is 0.599. The highest BCUT2D eigenvalue weighted by Gasteiger charge is 2.22. The van der Waals surface area contributed by atoms with Gasteiger partial charge in [-0.15, -0.1) is 6.58 Å². The van der Waals surface area contributed by atoms with E-state index in [9.17, 15) is 0 Å². The van der Waals surface area contributed by atoms with Crippen LogP contribution in [0.2, 0.25) is 0 Å². The predicted molar refractivity (Wildman–Crippen MR) is 78.0 cm³/mol. The van der Waals surface area contributed by atoms with Crippen molar-refractivity contribution >= 4 is 5.57 Å². The van der Waals surface area contributed by atoms with Crippen molar-refractivity contribution in [3.05, 3.63) is 47.6 Å². The summed E-state index contributed by atoms with van der Waals surface area (Å²) in [5, 5.41) is 8.91. The molecule has 0 aliphatic heterocycles. The Bertz CT molecular complexity index is 561. The van der Waals surface area contributed by atoms with Crippen LogP contribution in [0.5, 0.6) is 5.75 Å². The molecule has 2 nitrogen and oxygen atoms in total. The number of ether oxygens (including phenoxy) is 1. The molecule has 98 valence electrons. The fourth-order valence-corrected chi connectivity index (χ4v) is 2.61. The summed E-state index contributed by atoms with van der Waals surface area (Å²) >= 11 is 0. The third-order valence-corrected chi connectivity index (χ3v) is 3.29. The van der Waals surface area contributed by atoms with Crippen molar-refractivity contribution in [2.75, 3.05) is 0 Å². The summed E-state index contributed by atoms with van der Waals surface area (Å²) in [6, 6.07) is 6.32. The topological polar surface area (TPSA) is 33.0 Å². The molecule has 0 saturated heterocycles. The first-order valence-electron chi connectivity index (χ1n) is 6.68. The maximum absolute atomic E-state index is 8.91. The van der Waals surface area contributed by atoms with Crippen LogP contribution in [0.3, 0.4) is 0 Å². The van der Waals surface area contributed by atoms with Gasteiger partial charge in [-0.1, -0.05) is 12.1 Å². The molecule has 19 heavy (non-hydrogen) atoms. The summed E-state index contributed by atoms with van der Waals surface area (Å²) in [4.78, 5) is 0. The fraction of sp³-hybridized carbons (Fsp3) is 0.353. The zero-order valence-electron chi connectivity index (χ0n) is 11.6. The van der Waals surface area contributed by atoms with E-state index in [4.69, 9.17) is 10.00 Å². The highest BCUT2D eigenvalue weighted by molar-refractivity contribution is 5.78. The summed E-state index contributed by atoms with van der Waals surface area (Å²) in [5.74, 6) is 0.916. The van der Waals surface area contributed by atoms with Crippen LogP contribution >= 0.6 is 0 Å². The van der Waals surface area contributed by atoms with Crippen LogP contribution in [0.15, 0.2) is 30.9 Å². The van der Waals surface area contributed by atoms with Gasteiger partial charge in [0.15, 0.2) is 0 Å². The number of fused-ring (bicyclic) bond motifs is 1. The van der Waals surface area contributed by atoms with Crippen LogP contribution in [0.4, 0.5) is 0 Å². The smallest absolute Gasteiger partial charge is 0.123 e. The van der Waals surface area contributed by atoms with Crippen LogP contribution in [0.1, 0.15) is 37.0 Å². The van der Waals surface area contributed by atoms with E-state index < -0.39 is 0 Å². The molecule has 0 N–H and O–H groups in total. The Morgan fingerprint density at radius 1 is 1.42 bits per heavy atom. The molecular weight excluding hydrogens is 234 g/mol. The van der Waals surface area contributed by atoms with E-state index in [-0.39, 0.29) is 6.10 Å². The van der Waals surface area contributed by atoms with Crippen molar-refractivity contribution < 1.29 is 4.74 Å². The average Bonchev–Trinajstić information content (AvgIpc) is 2.76. The van der Waals surface area contributed by atoms with Gasteiger partial charge in [-0.05, 0) is 55.9 Å². The first-order valence-corrected chi connectivity index (χ1v) is 6.68. The molecule has 1 aromatic carbocycles. The maximum atomic E-state index is 8.91. The largest absolute Gasteiger partial charge is 0.491 e. The highest BCUT2D eigenvalue weighted by Crippen LogP contribution is 2.39. The molecule has 1 aliphatic rings. The number of nitriles is 1. The van der Waals surface area contributed by atoms with Gasteiger partial charge in [0.2, 0.25) is 0 Å². The molecule has 1 aromatic rings. The second-order valence-corrected chi connectivity index (χ2v) is 5.03. The van der Waals surface area contributed by atoms with Crippen LogP contribution in [-0.4, -0.2) is 6.10 Å². The van der Waals surface area contributed by atoms with Crippen molar-refractivity contribution in [1.82, 2.24) is 0 Å². The van der Waals surface area contributed by atoms with Crippen molar-refractivity contribution in [2.45, 2.75) is 39.2 Å². The summed E-state index contributed by atoms with van der Waals surface area (Å²) in [7, 11) is 0. The van der Waals surface area contributed by atoms with Crippen molar-refractivity contribution in [1.29, 1.82) is 5.26 Å². The lowest BCUT2D eigenvalue weighted by Crippen LogP contribution is -2.08. The zero-order chi connectivity index (χ0) is 13.8. The third-order valence-electron chi connectivity index (χ3n) is 3.29. The van der Waals surface area contributed by atoms with E-state index in [0.717, 1.165) is 30.6 Å². The Morgan fingerprint density at radius 2 is 2.21 bits per heavy atom. The lowest BCUT2D eigenvalue weighted by molar-refractivity contribution is 0.240. The molecule has 0 unspecified atom stereocenters. The molecule has 0 bridgehead atoms. The number of benzene rings is 1. The van der Waals surface area contributed by atoms with Crippen molar-refractivity contribution in [3.63, 3.8) is 0 Å². The van der Waals surface area contributed by atoms with Crippen molar-refractivity contribution in [2.24, 2.45) is 0 Å². The van der Waals surface area contributed by atoms with E-state index in [1.165, 1.54) is 16.7 Å². The van der Waals surface area contributed by atoms with Gasteiger partial charge < -0.3 is 4.74 Å². The van der Waals surface area contributed by atoms with Gasteiger partial charge in [0.05, 0.1) is 12.2 Å². The molecular formula is C17H19NO. The number of hydrogen-bond acceptors (Lipinski definition) is 2. The van der Waals surface area contributed by atoms with Crippen LogP contribution in [0, 0.1) is 11.3 Å². The normalized spacial score (nSPS) is 15.4. The molecule has 0 aromatic heterocycles. The zero-order valence-corrected chi connectivity index (χ0v) is 11.6. The first-order chi connectivity index (χ1) is 9.17. The molecule has 1 aliphatic carbocycles. The van der Waals surface area contributed by atoms with Gasteiger partial charge in [-0.2, -0.15) is 5.26 Å². The van der Waals surface area contributed by atoms with Crippen LogP contribution in [0.25, 0.3) is 5.57 Å². The number of nitrogens with zero attached hydrogens (tertiary/aromatic N) is 1. The number of allylic oxidation sites excluding steroid dienone is 3. The molecule has 0 radical (unpaired) electrons. The Kier molecular flexibility index (Phi) is 4.06. The lowest BCUT2D eigenvalue weighted by atomic mass is 9.96. The van der Waals surface area contributed by atoms with E-state index in [1.54, 1.807) is 6.08 Å². The average molecular weight is 253 g/mol. The van der Waals surface area contributed by atoms with Crippen LogP contribution < -0.4 is 4.74 Å². The van der Waals surface area contributed by atoms with Gasteiger partial charge in [-0.25, -0.2) is 0 Å². The molecule has 0 spiro atoms. The minimum absolute atomic E-state index is 0.145. The second-order valence-electron chi connectivity index (χ2n) is 5.03. The van der Waals surface area contributed by atoms with E-state index in [0.29, 0.717) is 0 Å². The third kappa shape index (κ3) is 2.71. The molecule has 2 heteroatoms. The standard InChI is InChI=1S/C17H19NO/c1-4-5-15-16(19-12(2)3)9-8-13-6-7-14(10-11-18)17(13)15/h4,8-10,12H,1,5-7H2,2-3H3. The van der Waals surface area contributed by atoms with E-state index in [1.807, 2.05) is 26.0 Å². The van der Waals surface area contributed by atoms with Gasteiger partial charge >= 0.3 is 0 Å². The lowest BCUT2D eigenvalue weighted by Gasteiger charge is -2.17. The first kappa shape index (κ1) is 13.4. The number of hydrogen-bond donors (Lipinski definition) is 0. The summed E-state index contributed by atoms with van der Waals surface area (Å²) < 4.78 is 5.89. The molecule has 0 heterocycles. The Hall–Kier alpha value is -2.01. The van der Waals surface area contributed by atoms with Gasteiger partial charge in [0, 0.05) is 11.6 Å². The predicted octanol–water partition coefficient (Wildman–Crippen LogP) is 4.06.